The van der Waals surface area contributed by atoms with Crippen molar-refractivity contribution in [3.05, 3.63) is 35.7 Å². The van der Waals surface area contributed by atoms with Gasteiger partial charge in [0.15, 0.2) is 0 Å². The van der Waals surface area contributed by atoms with Gasteiger partial charge in [0.2, 0.25) is 0 Å². The Kier molecular flexibility index (Phi) is 3.06. The third-order valence-corrected chi connectivity index (χ3v) is 2.86. The molecular formula is C13H14N2O3. The topological polar surface area (TPSA) is 64.3 Å². The molecule has 0 aliphatic heterocycles. The van der Waals surface area contributed by atoms with Gasteiger partial charge >= 0.3 is 5.97 Å². The number of rotatable bonds is 3. The number of ether oxygens (including phenoxy) is 1. The van der Waals surface area contributed by atoms with Crippen molar-refractivity contribution in [3.8, 4) is 17.1 Å². The fourth-order valence-electron chi connectivity index (χ4n) is 1.89. The van der Waals surface area contributed by atoms with E-state index in [1.807, 2.05) is 25.1 Å². The summed E-state index contributed by atoms with van der Waals surface area (Å²) in [6, 6.07) is 5.63. The maximum atomic E-state index is 11.0. The fourth-order valence-corrected chi connectivity index (χ4v) is 1.89. The summed E-state index contributed by atoms with van der Waals surface area (Å²) in [5.74, 6) is 0.436. The van der Waals surface area contributed by atoms with E-state index >= 15 is 0 Å². The summed E-state index contributed by atoms with van der Waals surface area (Å²) in [5.41, 5.74) is 2.01. The number of nitrogens with zero attached hydrogens (tertiary/aromatic N) is 2. The van der Waals surface area contributed by atoms with Crippen LogP contribution in [-0.4, -0.2) is 27.7 Å². The smallest absolute Gasteiger partial charge is 0.354 e. The highest BCUT2D eigenvalue weighted by molar-refractivity contribution is 5.86. The highest BCUT2D eigenvalue weighted by atomic mass is 16.5. The second kappa shape index (κ2) is 4.52. The zero-order valence-electron chi connectivity index (χ0n) is 10.5. The van der Waals surface area contributed by atoms with Crippen LogP contribution in [0.5, 0.6) is 5.75 Å². The lowest BCUT2D eigenvalue weighted by atomic mass is 10.1. The van der Waals surface area contributed by atoms with Crippen LogP contribution >= 0.6 is 0 Å². The van der Waals surface area contributed by atoms with Crippen LogP contribution < -0.4 is 4.74 Å². The van der Waals surface area contributed by atoms with Crippen molar-refractivity contribution in [2.75, 3.05) is 7.11 Å². The lowest BCUT2D eigenvalue weighted by Crippen LogP contribution is -2.05. The van der Waals surface area contributed by atoms with Crippen LogP contribution in [0.3, 0.4) is 0 Å². The van der Waals surface area contributed by atoms with Gasteiger partial charge in [0, 0.05) is 12.6 Å². The van der Waals surface area contributed by atoms with E-state index in [-0.39, 0.29) is 5.69 Å². The van der Waals surface area contributed by atoms with Crippen LogP contribution in [0.2, 0.25) is 0 Å². The van der Waals surface area contributed by atoms with Gasteiger partial charge in [-0.2, -0.15) is 0 Å². The van der Waals surface area contributed by atoms with Crippen LogP contribution in [0.1, 0.15) is 16.1 Å². The second-order valence-corrected chi connectivity index (χ2v) is 4.02. The van der Waals surface area contributed by atoms with Gasteiger partial charge in [0.1, 0.15) is 17.3 Å². The molecule has 0 spiro atoms. The third-order valence-electron chi connectivity index (χ3n) is 2.86. The highest BCUT2D eigenvalue weighted by Crippen LogP contribution is 2.25. The summed E-state index contributed by atoms with van der Waals surface area (Å²) >= 11 is 0. The molecule has 0 aliphatic carbocycles. The summed E-state index contributed by atoms with van der Waals surface area (Å²) in [5, 5.41) is 8.98. The van der Waals surface area contributed by atoms with Crippen LogP contribution in [0.15, 0.2) is 24.4 Å². The molecular weight excluding hydrogens is 232 g/mol. The van der Waals surface area contributed by atoms with Gasteiger partial charge < -0.3 is 14.4 Å². The first-order chi connectivity index (χ1) is 8.54. The summed E-state index contributed by atoms with van der Waals surface area (Å²) in [6.45, 7) is 1.93. The SMILES string of the molecule is COc1ccc(-c2ncc(C(=O)O)n2C)cc1C. The van der Waals surface area contributed by atoms with Gasteiger partial charge in [-0.1, -0.05) is 0 Å². The molecule has 0 amide bonds. The minimum Gasteiger partial charge on any atom is -0.496 e. The molecule has 0 atom stereocenters. The Morgan fingerprint density at radius 2 is 2.17 bits per heavy atom. The third kappa shape index (κ3) is 1.95. The summed E-state index contributed by atoms with van der Waals surface area (Å²) in [4.78, 5) is 15.1. The molecule has 2 rings (SSSR count). The van der Waals surface area contributed by atoms with E-state index in [0.717, 1.165) is 16.9 Å². The van der Waals surface area contributed by atoms with Crippen LogP contribution in [-0.2, 0) is 7.05 Å². The Hall–Kier alpha value is -2.30. The van der Waals surface area contributed by atoms with E-state index in [4.69, 9.17) is 9.84 Å². The first-order valence-electron chi connectivity index (χ1n) is 5.44. The largest absolute Gasteiger partial charge is 0.496 e. The predicted molar refractivity (Wildman–Crippen MR) is 66.9 cm³/mol. The van der Waals surface area contributed by atoms with Crippen molar-refractivity contribution in [2.45, 2.75) is 6.92 Å². The van der Waals surface area contributed by atoms with Gasteiger partial charge in [-0.05, 0) is 30.7 Å². The number of carboxylic acid groups (broad SMARTS) is 1. The Morgan fingerprint density at radius 1 is 1.44 bits per heavy atom. The average Bonchev–Trinajstić information content (AvgIpc) is 2.71. The van der Waals surface area contributed by atoms with Crippen LogP contribution in [0.4, 0.5) is 0 Å². The normalized spacial score (nSPS) is 10.4. The first-order valence-corrected chi connectivity index (χ1v) is 5.44. The van der Waals surface area contributed by atoms with E-state index < -0.39 is 5.97 Å². The highest BCUT2D eigenvalue weighted by Gasteiger charge is 2.14. The Balaban J connectivity index is 2.49. The molecule has 0 radical (unpaired) electrons. The number of methoxy groups -OCH3 is 1. The maximum absolute atomic E-state index is 11.0. The number of carboxylic acids is 1. The molecule has 2 aromatic rings. The summed E-state index contributed by atoms with van der Waals surface area (Å²) in [7, 11) is 3.30. The van der Waals surface area contributed by atoms with Gasteiger partial charge in [-0.15, -0.1) is 0 Å². The number of imidazole rings is 1. The van der Waals surface area contributed by atoms with E-state index in [0.29, 0.717) is 5.82 Å². The molecule has 1 aromatic heterocycles. The van der Waals surface area contributed by atoms with Gasteiger partial charge in [-0.3, -0.25) is 0 Å². The van der Waals surface area contributed by atoms with Crippen molar-refractivity contribution in [3.63, 3.8) is 0 Å². The predicted octanol–water partition coefficient (Wildman–Crippen LogP) is 2.10. The lowest BCUT2D eigenvalue weighted by Gasteiger charge is -2.08. The lowest BCUT2D eigenvalue weighted by molar-refractivity contribution is 0.0686. The van der Waals surface area contributed by atoms with Crippen molar-refractivity contribution in [1.29, 1.82) is 0 Å². The maximum Gasteiger partial charge on any atom is 0.354 e. The Morgan fingerprint density at radius 3 is 2.67 bits per heavy atom. The zero-order valence-corrected chi connectivity index (χ0v) is 10.5. The molecule has 5 nitrogen and oxygen atoms in total. The number of hydrogen-bond acceptors (Lipinski definition) is 3. The minimum absolute atomic E-state index is 0.165. The quantitative estimate of drug-likeness (QED) is 0.900. The Bertz CT molecular complexity index is 602. The van der Waals surface area contributed by atoms with Crippen molar-refractivity contribution < 1.29 is 14.6 Å². The summed E-state index contributed by atoms with van der Waals surface area (Å²) in [6.07, 6.45) is 1.36. The number of aromatic nitrogens is 2. The molecule has 18 heavy (non-hydrogen) atoms. The van der Waals surface area contributed by atoms with Crippen LogP contribution in [0, 0.1) is 6.92 Å². The second-order valence-electron chi connectivity index (χ2n) is 4.02. The number of hydrogen-bond donors (Lipinski definition) is 1. The number of aryl methyl sites for hydroxylation is 1. The van der Waals surface area contributed by atoms with Gasteiger partial charge in [0.05, 0.1) is 13.3 Å². The average molecular weight is 246 g/mol. The molecule has 94 valence electrons. The monoisotopic (exact) mass is 246 g/mol. The van der Waals surface area contributed by atoms with Gasteiger partial charge in [0.25, 0.3) is 0 Å². The molecule has 0 aliphatic rings. The molecule has 5 heteroatoms. The van der Waals surface area contributed by atoms with Crippen molar-refractivity contribution >= 4 is 5.97 Å². The molecule has 1 N–H and O–H groups in total. The molecule has 1 heterocycles. The Labute approximate surface area is 105 Å². The first kappa shape index (κ1) is 12.2. The van der Waals surface area contributed by atoms with E-state index in [1.54, 1.807) is 18.7 Å². The minimum atomic E-state index is -0.985. The molecule has 0 saturated heterocycles. The fraction of sp³-hybridized carbons (Fsp3) is 0.231. The van der Waals surface area contributed by atoms with Crippen molar-refractivity contribution in [2.24, 2.45) is 7.05 Å². The molecule has 0 bridgehead atoms. The zero-order chi connectivity index (χ0) is 13.3. The summed E-state index contributed by atoms with van der Waals surface area (Å²) < 4.78 is 6.75. The van der Waals surface area contributed by atoms with Gasteiger partial charge in [-0.25, -0.2) is 9.78 Å². The molecule has 0 unspecified atom stereocenters. The standard InChI is InChI=1S/C13H14N2O3/c1-8-6-9(4-5-11(8)18-3)12-14-7-10(13(16)17)15(12)2/h4-7H,1-3H3,(H,16,17). The molecule has 1 aromatic carbocycles. The molecule has 0 saturated carbocycles. The van der Waals surface area contributed by atoms with E-state index in [1.165, 1.54) is 6.20 Å². The molecule has 0 fully saturated rings. The van der Waals surface area contributed by atoms with E-state index in [9.17, 15) is 4.79 Å². The van der Waals surface area contributed by atoms with Crippen molar-refractivity contribution in [1.82, 2.24) is 9.55 Å². The van der Waals surface area contributed by atoms with Crippen LogP contribution in [0.25, 0.3) is 11.4 Å². The number of benzene rings is 1. The number of carbonyl (C=O) groups is 1. The number of aromatic carboxylic acids is 1. The van der Waals surface area contributed by atoms with E-state index in [2.05, 4.69) is 4.98 Å².